The number of nitrogens with zero attached hydrogens (tertiary/aromatic N) is 1. The lowest BCUT2D eigenvalue weighted by molar-refractivity contribution is -0.917. The molecule has 1 aromatic rings. The molecule has 1 aliphatic heterocycles. The fourth-order valence-corrected chi connectivity index (χ4v) is 2.54. The first kappa shape index (κ1) is 14.5. The van der Waals surface area contributed by atoms with Gasteiger partial charge in [-0.15, -0.1) is 0 Å². The van der Waals surface area contributed by atoms with Gasteiger partial charge in [0, 0.05) is 24.9 Å². The summed E-state index contributed by atoms with van der Waals surface area (Å²) in [6, 6.07) is 7.64. The zero-order chi connectivity index (χ0) is 14.5. The van der Waals surface area contributed by atoms with Crippen molar-refractivity contribution in [2.24, 2.45) is 0 Å². The van der Waals surface area contributed by atoms with Gasteiger partial charge in [0.25, 0.3) is 0 Å². The molecule has 1 amide bonds. The van der Waals surface area contributed by atoms with Crippen LogP contribution in [0.2, 0.25) is 0 Å². The second kappa shape index (κ2) is 6.52. The van der Waals surface area contributed by atoms with Crippen LogP contribution in [0, 0.1) is 0 Å². The molecule has 0 aliphatic carbocycles. The fourth-order valence-electron chi connectivity index (χ4n) is 2.54. The molecule has 0 saturated carbocycles. The van der Waals surface area contributed by atoms with Crippen LogP contribution in [0.25, 0.3) is 0 Å². The molecule has 1 N–H and O–H groups in total. The van der Waals surface area contributed by atoms with E-state index in [9.17, 15) is 14.7 Å². The largest absolute Gasteiger partial charge is 0.550 e. The van der Waals surface area contributed by atoms with Crippen LogP contribution >= 0.6 is 0 Å². The molecule has 1 saturated heterocycles. The summed E-state index contributed by atoms with van der Waals surface area (Å²) in [5.41, 5.74) is 1.96. The number of nitrogens with one attached hydrogen (secondary N) is 1. The van der Waals surface area contributed by atoms with Crippen molar-refractivity contribution in [2.45, 2.75) is 19.9 Å². The third-order valence-corrected chi connectivity index (χ3v) is 3.74. The maximum absolute atomic E-state index is 11.3. The van der Waals surface area contributed by atoms with Gasteiger partial charge in [-0.1, -0.05) is 24.3 Å². The second-order valence-electron chi connectivity index (χ2n) is 5.30. The van der Waals surface area contributed by atoms with Gasteiger partial charge in [0.1, 0.15) is 6.54 Å². The van der Waals surface area contributed by atoms with Crippen LogP contribution in [0.1, 0.15) is 18.1 Å². The molecule has 108 valence electrons. The Hall–Kier alpha value is -1.88. The maximum Gasteiger partial charge on any atom is 0.219 e. The minimum atomic E-state index is -1.05. The minimum absolute atomic E-state index is 0.0373. The monoisotopic (exact) mass is 276 g/mol. The van der Waals surface area contributed by atoms with Crippen LogP contribution in [-0.4, -0.2) is 43.0 Å². The van der Waals surface area contributed by atoms with Crippen molar-refractivity contribution >= 4 is 11.9 Å². The van der Waals surface area contributed by atoms with Gasteiger partial charge in [-0.25, -0.2) is 0 Å². The number of benzene rings is 1. The van der Waals surface area contributed by atoms with Crippen LogP contribution in [0.3, 0.4) is 0 Å². The summed E-state index contributed by atoms with van der Waals surface area (Å²) < 4.78 is 0. The standard InChI is InChI=1S/C15H20N2O3/c1-12(18)17-8-6-16(7-9-17)11-14-4-2-13(3-5-14)10-15(19)20/h2-5H,6-11H2,1H3,(H,19,20). The third-order valence-electron chi connectivity index (χ3n) is 3.74. The zero-order valence-electron chi connectivity index (χ0n) is 11.7. The molecule has 0 unspecified atom stereocenters. The van der Waals surface area contributed by atoms with Crippen LogP contribution < -0.4 is 10.0 Å². The Morgan fingerprint density at radius 3 is 2.20 bits per heavy atom. The van der Waals surface area contributed by atoms with E-state index < -0.39 is 5.97 Å². The van der Waals surface area contributed by atoms with Gasteiger partial charge in [0.15, 0.2) is 0 Å². The molecule has 5 nitrogen and oxygen atoms in total. The predicted octanol–water partition coefficient (Wildman–Crippen LogP) is -1.77. The summed E-state index contributed by atoms with van der Waals surface area (Å²) >= 11 is 0. The Kier molecular flexibility index (Phi) is 4.74. The van der Waals surface area contributed by atoms with Crippen molar-refractivity contribution in [1.29, 1.82) is 0 Å². The number of aliphatic carboxylic acids is 1. The van der Waals surface area contributed by atoms with E-state index in [1.807, 2.05) is 29.2 Å². The Balaban J connectivity index is 1.85. The van der Waals surface area contributed by atoms with E-state index >= 15 is 0 Å². The number of amides is 1. The van der Waals surface area contributed by atoms with Gasteiger partial charge in [-0.2, -0.15) is 0 Å². The average Bonchev–Trinajstić information content (AvgIpc) is 2.41. The molecule has 0 radical (unpaired) electrons. The number of carbonyl (C=O) groups is 2. The van der Waals surface area contributed by atoms with E-state index in [4.69, 9.17) is 0 Å². The molecule has 1 aliphatic rings. The molecule has 0 aromatic heterocycles. The lowest BCUT2D eigenvalue weighted by atomic mass is 10.1. The Morgan fingerprint density at radius 1 is 1.15 bits per heavy atom. The number of rotatable bonds is 4. The molecule has 1 aromatic carbocycles. The van der Waals surface area contributed by atoms with Crippen LogP contribution in [0.5, 0.6) is 0 Å². The number of hydrogen-bond donors (Lipinski definition) is 1. The fraction of sp³-hybridized carbons (Fsp3) is 0.467. The van der Waals surface area contributed by atoms with E-state index in [0.29, 0.717) is 0 Å². The molecule has 5 heteroatoms. The average molecular weight is 276 g/mol. The highest BCUT2D eigenvalue weighted by molar-refractivity contribution is 5.73. The van der Waals surface area contributed by atoms with Gasteiger partial charge >= 0.3 is 0 Å². The highest BCUT2D eigenvalue weighted by atomic mass is 16.4. The highest BCUT2D eigenvalue weighted by Crippen LogP contribution is 2.04. The lowest BCUT2D eigenvalue weighted by Gasteiger charge is -2.31. The molecule has 20 heavy (non-hydrogen) atoms. The first-order valence-electron chi connectivity index (χ1n) is 6.91. The normalized spacial score (nSPS) is 16.1. The van der Waals surface area contributed by atoms with E-state index in [1.54, 1.807) is 6.92 Å². The number of piperazine rings is 1. The lowest BCUT2D eigenvalue weighted by Crippen LogP contribution is -3.13. The van der Waals surface area contributed by atoms with E-state index in [1.165, 1.54) is 10.5 Å². The number of carboxylic acid groups (broad SMARTS) is 1. The molecule has 0 spiro atoms. The summed E-state index contributed by atoms with van der Waals surface area (Å²) in [5.74, 6) is -0.903. The van der Waals surface area contributed by atoms with Crippen LogP contribution in [-0.2, 0) is 22.6 Å². The van der Waals surface area contributed by atoms with E-state index in [0.717, 1.165) is 38.3 Å². The molecule has 1 heterocycles. The van der Waals surface area contributed by atoms with Crippen molar-refractivity contribution in [3.05, 3.63) is 35.4 Å². The number of quaternary nitrogens is 1. The van der Waals surface area contributed by atoms with Crippen molar-refractivity contribution in [2.75, 3.05) is 26.2 Å². The minimum Gasteiger partial charge on any atom is -0.550 e. The number of carbonyl (C=O) groups excluding carboxylic acids is 2. The van der Waals surface area contributed by atoms with Gasteiger partial charge in [-0.3, -0.25) is 4.79 Å². The molecule has 0 bridgehead atoms. The Labute approximate surface area is 118 Å². The molecular weight excluding hydrogens is 256 g/mol. The summed E-state index contributed by atoms with van der Waals surface area (Å²) in [6.07, 6.45) is -0.0373. The molecule has 1 fully saturated rings. The summed E-state index contributed by atoms with van der Waals surface area (Å²) in [4.78, 5) is 25.1. The number of carboxylic acids is 1. The Bertz CT molecular complexity index is 476. The van der Waals surface area contributed by atoms with Gasteiger partial charge in [-0.05, 0) is 5.56 Å². The van der Waals surface area contributed by atoms with Gasteiger partial charge in [0.2, 0.25) is 5.91 Å². The van der Waals surface area contributed by atoms with Crippen LogP contribution in [0.4, 0.5) is 0 Å². The molecule has 2 rings (SSSR count). The summed E-state index contributed by atoms with van der Waals surface area (Å²) in [7, 11) is 0. The zero-order valence-corrected chi connectivity index (χ0v) is 11.7. The van der Waals surface area contributed by atoms with Crippen molar-refractivity contribution < 1.29 is 19.6 Å². The maximum atomic E-state index is 11.3. The SMILES string of the molecule is CC(=O)N1CC[NH+](Cc2ccc(CC(=O)[O-])cc2)CC1. The topological polar surface area (TPSA) is 64.9 Å². The van der Waals surface area contributed by atoms with Gasteiger partial charge in [0.05, 0.1) is 26.2 Å². The van der Waals surface area contributed by atoms with Crippen LogP contribution in [0.15, 0.2) is 24.3 Å². The summed E-state index contributed by atoms with van der Waals surface area (Å²) in [5, 5.41) is 10.5. The van der Waals surface area contributed by atoms with Gasteiger partial charge < -0.3 is 19.7 Å². The Morgan fingerprint density at radius 2 is 1.70 bits per heavy atom. The van der Waals surface area contributed by atoms with Crippen molar-refractivity contribution in [3.63, 3.8) is 0 Å². The highest BCUT2D eigenvalue weighted by Gasteiger charge is 2.21. The smallest absolute Gasteiger partial charge is 0.219 e. The molecular formula is C15H20N2O3. The predicted molar refractivity (Wildman–Crippen MR) is 71.8 cm³/mol. The van der Waals surface area contributed by atoms with Crippen molar-refractivity contribution in [3.8, 4) is 0 Å². The van der Waals surface area contributed by atoms with E-state index in [-0.39, 0.29) is 12.3 Å². The number of hydrogen-bond acceptors (Lipinski definition) is 3. The van der Waals surface area contributed by atoms with Crippen molar-refractivity contribution in [1.82, 2.24) is 4.90 Å². The first-order chi connectivity index (χ1) is 9.54. The van der Waals surface area contributed by atoms with E-state index in [2.05, 4.69) is 0 Å². The quantitative estimate of drug-likeness (QED) is 0.707. The summed E-state index contributed by atoms with van der Waals surface area (Å²) in [6.45, 7) is 6.07. The third kappa shape index (κ3) is 4.06. The molecule has 0 atom stereocenters. The second-order valence-corrected chi connectivity index (χ2v) is 5.30. The first-order valence-corrected chi connectivity index (χ1v) is 6.91.